The molecule has 1 aliphatic heterocycles. The number of rotatable bonds is 5. The Morgan fingerprint density at radius 2 is 1.54 bits per heavy atom. The van der Waals surface area contributed by atoms with E-state index in [0.717, 1.165) is 23.5 Å². The first-order chi connectivity index (χ1) is 11.6. The molecule has 4 heteroatoms. The second kappa shape index (κ2) is 7.51. The number of hydrogen-bond donors (Lipinski definition) is 0. The minimum Gasteiger partial charge on any atom is -0.379 e. The Labute approximate surface area is 148 Å². The van der Waals surface area contributed by atoms with Crippen molar-refractivity contribution in [3.8, 4) is 0 Å². The molecule has 0 amide bonds. The summed E-state index contributed by atoms with van der Waals surface area (Å²) in [4.78, 5) is 17.5. The van der Waals surface area contributed by atoms with Crippen molar-refractivity contribution in [2.75, 3.05) is 26.3 Å². The highest BCUT2D eigenvalue weighted by Gasteiger charge is 2.35. The van der Waals surface area contributed by atoms with Crippen molar-refractivity contribution in [2.24, 2.45) is 0 Å². The Kier molecular flexibility index (Phi) is 5.39. The van der Waals surface area contributed by atoms with Crippen LogP contribution in [0, 0.1) is 0 Å². The number of morpholine rings is 1. The maximum Gasteiger partial charge on any atom is 0.182 e. The van der Waals surface area contributed by atoms with Gasteiger partial charge in [0.2, 0.25) is 0 Å². The number of hydrogen-bond acceptors (Lipinski definition) is 4. The van der Waals surface area contributed by atoms with Gasteiger partial charge in [0.05, 0.1) is 18.8 Å². The Hall–Kier alpha value is -1.62. The molecule has 126 valence electrons. The second-order valence-electron chi connectivity index (χ2n) is 6.43. The van der Waals surface area contributed by atoms with Crippen LogP contribution in [-0.2, 0) is 4.74 Å². The third-order valence-electron chi connectivity index (χ3n) is 4.45. The number of Topliss-reactive ketones (excluding diaryl/α,β-unsaturated/α-hetero) is 1. The molecule has 2 aromatic rings. The number of carbonyl (C=O) groups excluding carboxylic acids is 1. The lowest BCUT2D eigenvalue weighted by molar-refractivity contribution is -0.00430. The largest absolute Gasteiger partial charge is 0.379 e. The lowest BCUT2D eigenvalue weighted by atomic mass is 9.91. The van der Waals surface area contributed by atoms with Crippen LogP contribution in [0.5, 0.6) is 0 Å². The quantitative estimate of drug-likeness (QED) is 0.765. The molecule has 0 saturated carbocycles. The van der Waals surface area contributed by atoms with Crippen molar-refractivity contribution in [3.05, 3.63) is 60.2 Å². The van der Waals surface area contributed by atoms with Crippen LogP contribution in [0.3, 0.4) is 0 Å². The minimum atomic E-state index is -0.502. The topological polar surface area (TPSA) is 29.5 Å². The molecule has 0 atom stereocenters. The standard InChI is InChI=1S/C20H23NO2S/c1-20(2,21-12-14-23-15-13-21)19(22)16-8-10-18(11-9-16)24-17-6-4-3-5-7-17/h3-11H,12-15H2,1-2H3. The van der Waals surface area contributed by atoms with E-state index < -0.39 is 5.54 Å². The number of ether oxygens (including phenoxy) is 1. The summed E-state index contributed by atoms with van der Waals surface area (Å²) in [6.07, 6.45) is 0. The number of benzene rings is 2. The zero-order chi connectivity index (χ0) is 17.0. The second-order valence-corrected chi connectivity index (χ2v) is 7.57. The monoisotopic (exact) mass is 341 g/mol. The third-order valence-corrected chi connectivity index (χ3v) is 5.47. The fraction of sp³-hybridized carbons (Fsp3) is 0.350. The van der Waals surface area contributed by atoms with Gasteiger partial charge in [-0.05, 0) is 38.1 Å². The van der Waals surface area contributed by atoms with Gasteiger partial charge in [0, 0.05) is 28.4 Å². The SMILES string of the molecule is CC(C)(C(=O)c1ccc(Sc2ccccc2)cc1)N1CCOCC1. The van der Waals surface area contributed by atoms with E-state index in [4.69, 9.17) is 4.74 Å². The summed E-state index contributed by atoms with van der Waals surface area (Å²) in [6.45, 7) is 7.02. The van der Waals surface area contributed by atoms with Gasteiger partial charge in [0.25, 0.3) is 0 Å². The van der Waals surface area contributed by atoms with Gasteiger partial charge >= 0.3 is 0 Å². The van der Waals surface area contributed by atoms with Crippen molar-refractivity contribution < 1.29 is 9.53 Å². The summed E-state index contributed by atoms with van der Waals surface area (Å²) in [7, 11) is 0. The van der Waals surface area contributed by atoms with E-state index in [1.165, 1.54) is 4.90 Å². The zero-order valence-corrected chi connectivity index (χ0v) is 15.0. The van der Waals surface area contributed by atoms with Crippen molar-refractivity contribution in [2.45, 2.75) is 29.2 Å². The van der Waals surface area contributed by atoms with Gasteiger partial charge in [0.15, 0.2) is 5.78 Å². The fourth-order valence-electron chi connectivity index (χ4n) is 2.92. The van der Waals surface area contributed by atoms with E-state index >= 15 is 0 Å². The molecule has 0 aromatic heterocycles. The molecule has 0 radical (unpaired) electrons. The summed E-state index contributed by atoms with van der Waals surface area (Å²) in [5, 5.41) is 0. The third kappa shape index (κ3) is 3.89. The predicted molar refractivity (Wildman–Crippen MR) is 97.8 cm³/mol. The number of nitrogens with zero attached hydrogens (tertiary/aromatic N) is 1. The normalized spacial score (nSPS) is 16.1. The first-order valence-electron chi connectivity index (χ1n) is 8.28. The van der Waals surface area contributed by atoms with Gasteiger partial charge in [-0.3, -0.25) is 9.69 Å². The molecular formula is C20H23NO2S. The Balaban J connectivity index is 1.71. The van der Waals surface area contributed by atoms with Crippen LogP contribution in [0.25, 0.3) is 0 Å². The Bertz CT molecular complexity index is 677. The summed E-state index contributed by atoms with van der Waals surface area (Å²) in [6, 6.07) is 18.2. The molecule has 0 unspecified atom stereocenters. The van der Waals surface area contributed by atoms with Gasteiger partial charge in [-0.1, -0.05) is 42.1 Å². The van der Waals surface area contributed by atoms with Crippen LogP contribution in [-0.4, -0.2) is 42.5 Å². The van der Waals surface area contributed by atoms with E-state index in [-0.39, 0.29) is 5.78 Å². The molecule has 3 nitrogen and oxygen atoms in total. The molecule has 24 heavy (non-hydrogen) atoms. The summed E-state index contributed by atoms with van der Waals surface area (Å²) < 4.78 is 5.40. The van der Waals surface area contributed by atoms with E-state index in [1.54, 1.807) is 11.8 Å². The highest BCUT2D eigenvalue weighted by molar-refractivity contribution is 7.99. The molecule has 1 fully saturated rings. The van der Waals surface area contributed by atoms with Crippen LogP contribution in [0.15, 0.2) is 64.4 Å². The average molecular weight is 341 g/mol. The highest BCUT2D eigenvalue weighted by atomic mass is 32.2. The van der Waals surface area contributed by atoms with Crippen LogP contribution >= 0.6 is 11.8 Å². The molecule has 2 aromatic carbocycles. The van der Waals surface area contributed by atoms with Gasteiger partial charge in [-0.25, -0.2) is 0 Å². The number of carbonyl (C=O) groups is 1. The van der Waals surface area contributed by atoms with Crippen molar-refractivity contribution >= 4 is 17.5 Å². The van der Waals surface area contributed by atoms with Crippen LogP contribution in [0.2, 0.25) is 0 Å². The van der Waals surface area contributed by atoms with Crippen molar-refractivity contribution in [1.29, 1.82) is 0 Å². The Morgan fingerprint density at radius 3 is 2.17 bits per heavy atom. The Morgan fingerprint density at radius 1 is 0.958 bits per heavy atom. The molecule has 0 spiro atoms. The van der Waals surface area contributed by atoms with Crippen LogP contribution in [0.1, 0.15) is 24.2 Å². The molecular weight excluding hydrogens is 318 g/mol. The van der Waals surface area contributed by atoms with Gasteiger partial charge in [0.1, 0.15) is 0 Å². The van der Waals surface area contributed by atoms with E-state index in [0.29, 0.717) is 13.2 Å². The highest BCUT2D eigenvalue weighted by Crippen LogP contribution is 2.28. The molecule has 0 N–H and O–H groups in total. The lowest BCUT2D eigenvalue weighted by Gasteiger charge is -2.39. The van der Waals surface area contributed by atoms with Crippen molar-refractivity contribution in [1.82, 2.24) is 4.90 Å². The maximum absolute atomic E-state index is 12.9. The van der Waals surface area contributed by atoms with E-state index in [1.807, 2.05) is 56.3 Å². The first kappa shape index (κ1) is 17.2. The van der Waals surface area contributed by atoms with Gasteiger partial charge in [-0.15, -0.1) is 0 Å². The summed E-state index contributed by atoms with van der Waals surface area (Å²) in [5.41, 5.74) is 0.265. The minimum absolute atomic E-state index is 0.167. The predicted octanol–water partition coefficient (Wildman–Crippen LogP) is 4.13. The lowest BCUT2D eigenvalue weighted by Crippen LogP contribution is -2.54. The maximum atomic E-state index is 12.9. The zero-order valence-electron chi connectivity index (χ0n) is 14.2. The summed E-state index contributed by atoms with van der Waals surface area (Å²) >= 11 is 1.71. The van der Waals surface area contributed by atoms with Gasteiger partial charge in [-0.2, -0.15) is 0 Å². The van der Waals surface area contributed by atoms with Crippen LogP contribution in [0.4, 0.5) is 0 Å². The molecule has 3 rings (SSSR count). The molecule has 1 aliphatic rings. The van der Waals surface area contributed by atoms with Gasteiger partial charge < -0.3 is 4.74 Å². The fourth-order valence-corrected chi connectivity index (χ4v) is 3.76. The van der Waals surface area contributed by atoms with Crippen molar-refractivity contribution in [3.63, 3.8) is 0 Å². The average Bonchev–Trinajstić information content (AvgIpc) is 2.63. The van der Waals surface area contributed by atoms with Crippen LogP contribution < -0.4 is 0 Å². The van der Waals surface area contributed by atoms with E-state index in [9.17, 15) is 4.79 Å². The number of ketones is 1. The molecule has 1 saturated heterocycles. The molecule has 1 heterocycles. The smallest absolute Gasteiger partial charge is 0.182 e. The summed E-state index contributed by atoms with van der Waals surface area (Å²) in [5.74, 6) is 0.167. The molecule has 0 aliphatic carbocycles. The first-order valence-corrected chi connectivity index (χ1v) is 9.09. The van der Waals surface area contributed by atoms with E-state index in [2.05, 4.69) is 17.0 Å². The molecule has 0 bridgehead atoms.